The van der Waals surface area contributed by atoms with Gasteiger partial charge in [0, 0.05) is 30.7 Å². The molecule has 0 bridgehead atoms. The molecule has 0 aromatic carbocycles. The fraction of sp³-hybridized carbons (Fsp3) is 0.471. The van der Waals surface area contributed by atoms with Crippen molar-refractivity contribution in [3.05, 3.63) is 42.6 Å². The fourth-order valence-electron chi connectivity index (χ4n) is 3.21. The summed E-state index contributed by atoms with van der Waals surface area (Å²) < 4.78 is 1.84. The van der Waals surface area contributed by atoms with Crippen LogP contribution < -0.4 is 11.1 Å². The lowest BCUT2D eigenvalue weighted by Crippen LogP contribution is -2.52. The standard InChI is InChI=1S/C17H23N5O.2ClH/c1-17(18)6-3-2-4-14(17)16(23)21-11-13-5-7-20-15(10-13)22-9-8-19-12-22;;/h5,7-10,12,14H,2-4,6,11,18H2,1H3,(H,21,23);2*1H. The number of carbonyl (C=O) groups is 1. The van der Waals surface area contributed by atoms with Crippen LogP contribution in [0.4, 0.5) is 0 Å². The minimum atomic E-state index is -0.400. The molecule has 25 heavy (non-hydrogen) atoms. The minimum Gasteiger partial charge on any atom is -0.352 e. The lowest BCUT2D eigenvalue weighted by Gasteiger charge is -2.37. The molecule has 1 aliphatic rings. The van der Waals surface area contributed by atoms with E-state index < -0.39 is 5.54 Å². The Morgan fingerprint density at radius 2 is 2.20 bits per heavy atom. The molecular weight excluding hydrogens is 361 g/mol. The molecule has 2 aromatic heterocycles. The smallest absolute Gasteiger partial charge is 0.225 e. The number of aromatic nitrogens is 3. The molecule has 0 radical (unpaired) electrons. The van der Waals surface area contributed by atoms with Gasteiger partial charge in [-0.1, -0.05) is 12.8 Å². The molecule has 0 spiro atoms. The van der Waals surface area contributed by atoms with Crippen LogP contribution in [0.2, 0.25) is 0 Å². The van der Waals surface area contributed by atoms with Crippen molar-refractivity contribution in [2.24, 2.45) is 11.7 Å². The van der Waals surface area contributed by atoms with Crippen LogP contribution in [0, 0.1) is 5.92 Å². The van der Waals surface area contributed by atoms with Gasteiger partial charge in [-0.15, -0.1) is 24.8 Å². The van der Waals surface area contributed by atoms with Gasteiger partial charge in [0.1, 0.15) is 12.1 Å². The highest BCUT2D eigenvalue weighted by molar-refractivity contribution is 5.85. The van der Waals surface area contributed by atoms with E-state index in [1.54, 1.807) is 18.7 Å². The van der Waals surface area contributed by atoms with E-state index in [9.17, 15) is 4.79 Å². The lowest BCUT2D eigenvalue weighted by molar-refractivity contribution is -0.128. The van der Waals surface area contributed by atoms with Gasteiger partial charge in [0.2, 0.25) is 5.91 Å². The number of hydrogen-bond donors (Lipinski definition) is 2. The summed E-state index contributed by atoms with van der Waals surface area (Å²) in [5.74, 6) is 0.734. The Kier molecular flexibility index (Phi) is 7.86. The maximum absolute atomic E-state index is 12.5. The van der Waals surface area contributed by atoms with Gasteiger partial charge in [-0.2, -0.15) is 0 Å². The molecule has 0 aliphatic heterocycles. The second-order valence-corrected chi connectivity index (χ2v) is 6.51. The molecule has 2 heterocycles. The van der Waals surface area contributed by atoms with Crippen molar-refractivity contribution in [1.29, 1.82) is 0 Å². The van der Waals surface area contributed by atoms with Gasteiger partial charge in [0.05, 0.1) is 5.92 Å². The van der Waals surface area contributed by atoms with Crippen molar-refractivity contribution in [3.63, 3.8) is 0 Å². The van der Waals surface area contributed by atoms with Crippen LogP contribution in [0.5, 0.6) is 0 Å². The number of carbonyl (C=O) groups excluding carboxylic acids is 1. The van der Waals surface area contributed by atoms with E-state index in [0.29, 0.717) is 6.54 Å². The molecule has 2 atom stereocenters. The number of amides is 1. The number of nitrogens with one attached hydrogen (secondary N) is 1. The Morgan fingerprint density at radius 3 is 2.88 bits per heavy atom. The van der Waals surface area contributed by atoms with Crippen LogP contribution in [-0.4, -0.2) is 26.0 Å². The third-order valence-corrected chi connectivity index (χ3v) is 4.62. The average Bonchev–Trinajstić information content (AvgIpc) is 3.07. The predicted octanol–water partition coefficient (Wildman–Crippen LogP) is 2.63. The second kappa shape index (κ2) is 9.17. The van der Waals surface area contributed by atoms with E-state index in [0.717, 1.165) is 37.1 Å². The van der Waals surface area contributed by atoms with E-state index in [2.05, 4.69) is 15.3 Å². The molecule has 3 rings (SSSR count). The largest absolute Gasteiger partial charge is 0.352 e. The second-order valence-electron chi connectivity index (χ2n) is 6.51. The minimum absolute atomic E-state index is 0. The summed E-state index contributed by atoms with van der Waals surface area (Å²) in [7, 11) is 0. The van der Waals surface area contributed by atoms with Crippen LogP contribution in [0.15, 0.2) is 37.1 Å². The van der Waals surface area contributed by atoms with Crippen LogP contribution in [0.1, 0.15) is 38.2 Å². The topological polar surface area (TPSA) is 85.8 Å². The normalized spacial score (nSPS) is 22.4. The Morgan fingerprint density at radius 1 is 1.40 bits per heavy atom. The van der Waals surface area contributed by atoms with Gasteiger partial charge in [-0.05, 0) is 37.5 Å². The SMILES string of the molecule is CC1(N)CCCCC1C(=O)NCc1ccnc(-n2ccnc2)c1.Cl.Cl. The average molecular weight is 386 g/mol. The Labute approximate surface area is 160 Å². The molecule has 3 N–H and O–H groups in total. The summed E-state index contributed by atoms with van der Waals surface area (Å²) in [5.41, 5.74) is 6.90. The first-order chi connectivity index (χ1) is 11.1. The zero-order valence-corrected chi connectivity index (χ0v) is 15.9. The molecule has 8 heteroatoms. The number of nitrogens with two attached hydrogens (primary N) is 1. The van der Waals surface area contributed by atoms with Crippen LogP contribution in [0.3, 0.4) is 0 Å². The molecule has 1 aliphatic carbocycles. The first-order valence-electron chi connectivity index (χ1n) is 8.06. The van der Waals surface area contributed by atoms with Crippen molar-refractivity contribution in [3.8, 4) is 5.82 Å². The van der Waals surface area contributed by atoms with Crippen molar-refractivity contribution in [2.45, 2.75) is 44.7 Å². The maximum atomic E-state index is 12.5. The third-order valence-electron chi connectivity index (χ3n) is 4.62. The number of rotatable bonds is 4. The van der Waals surface area contributed by atoms with Crippen molar-refractivity contribution in [1.82, 2.24) is 19.9 Å². The van der Waals surface area contributed by atoms with Crippen LogP contribution in [0.25, 0.3) is 5.82 Å². The van der Waals surface area contributed by atoms with E-state index in [4.69, 9.17) is 5.73 Å². The highest BCUT2D eigenvalue weighted by atomic mass is 35.5. The van der Waals surface area contributed by atoms with Crippen molar-refractivity contribution >= 4 is 30.7 Å². The highest BCUT2D eigenvalue weighted by Gasteiger charge is 2.37. The third kappa shape index (κ3) is 5.17. The summed E-state index contributed by atoms with van der Waals surface area (Å²) in [6, 6.07) is 3.85. The van der Waals surface area contributed by atoms with Gasteiger partial charge in [0.25, 0.3) is 0 Å². The predicted molar refractivity (Wildman–Crippen MR) is 102 cm³/mol. The molecule has 2 unspecified atom stereocenters. The number of nitrogens with zero attached hydrogens (tertiary/aromatic N) is 3. The number of halogens is 2. The first kappa shape index (κ1) is 21.4. The highest BCUT2D eigenvalue weighted by Crippen LogP contribution is 2.31. The molecular formula is C17H25Cl2N5O. The first-order valence-corrected chi connectivity index (χ1v) is 8.06. The van der Waals surface area contributed by atoms with Crippen molar-refractivity contribution < 1.29 is 4.79 Å². The molecule has 2 aromatic rings. The Hall–Kier alpha value is -1.63. The number of pyridine rings is 1. The van der Waals surface area contributed by atoms with Crippen LogP contribution >= 0.6 is 24.8 Å². The lowest BCUT2D eigenvalue weighted by atomic mass is 9.74. The number of imidazole rings is 1. The Balaban J connectivity index is 0.00000156. The van der Waals surface area contributed by atoms with Gasteiger partial charge in [-0.3, -0.25) is 9.36 Å². The summed E-state index contributed by atoms with van der Waals surface area (Å²) in [6.07, 6.45) is 11.0. The summed E-state index contributed by atoms with van der Waals surface area (Å²) in [5, 5.41) is 3.03. The fourth-order valence-corrected chi connectivity index (χ4v) is 3.21. The molecule has 1 amide bonds. The molecule has 138 valence electrons. The van der Waals surface area contributed by atoms with Gasteiger partial charge in [-0.25, -0.2) is 9.97 Å². The maximum Gasteiger partial charge on any atom is 0.225 e. The molecule has 0 saturated heterocycles. The zero-order valence-electron chi connectivity index (χ0n) is 14.2. The zero-order chi connectivity index (χ0) is 16.3. The molecule has 1 fully saturated rings. The van der Waals surface area contributed by atoms with Gasteiger partial charge >= 0.3 is 0 Å². The van der Waals surface area contributed by atoms with Gasteiger partial charge < -0.3 is 11.1 Å². The Bertz CT molecular complexity index is 675. The number of hydrogen-bond acceptors (Lipinski definition) is 4. The van der Waals surface area contributed by atoms with E-state index in [-0.39, 0.29) is 36.6 Å². The summed E-state index contributed by atoms with van der Waals surface area (Å²) in [4.78, 5) is 20.8. The van der Waals surface area contributed by atoms with E-state index in [1.165, 1.54) is 0 Å². The monoisotopic (exact) mass is 385 g/mol. The van der Waals surface area contributed by atoms with Crippen LogP contribution in [-0.2, 0) is 11.3 Å². The molecule has 6 nitrogen and oxygen atoms in total. The summed E-state index contributed by atoms with van der Waals surface area (Å²) in [6.45, 7) is 2.47. The molecule has 1 saturated carbocycles. The quantitative estimate of drug-likeness (QED) is 0.846. The van der Waals surface area contributed by atoms with Crippen molar-refractivity contribution in [2.75, 3.05) is 0 Å². The summed E-state index contributed by atoms with van der Waals surface area (Å²) >= 11 is 0. The van der Waals surface area contributed by atoms with Gasteiger partial charge in [0.15, 0.2) is 0 Å². The van der Waals surface area contributed by atoms with E-state index in [1.807, 2.05) is 29.8 Å². The van der Waals surface area contributed by atoms with E-state index >= 15 is 0 Å².